The van der Waals surface area contributed by atoms with Crippen LogP contribution < -0.4 is 5.32 Å². The van der Waals surface area contributed by atoms with Gasteiger partial charge in [-0.25, -0.2) is 0 Å². The fourth-order valence-electron chi connectivity index (χ4n) is 1.95. The van der Waals surface area contributed by atoms with Crippen molar-refractivity contribution in [1.29, 1.82) is 0 Å². The highest BCUT2D eigenvalue weighted by atomic mass is 32.2. The van der Waals surface area contributed by atoms with Gasteiger partial charge in [0.2, 0.25) is 6.10 Å². The van der Waals surface area contributed by atoms with Crippen LogP contribution in [0.25, 0.3) is 0 Å². The largest absolute Gasteiger partial charge is 0.396 e. The Balaban J connectivity index is 1.67. The molecule has 114 valence electrons. The van der Waals surface area contributed by atoms with Gasteiger partial charge in [0.15, 0.2) is 0 Å². The van der Waals surface area contributed by atoms with E-state index in [1.807, 2.05) is 30.3 Å². The zero-order valence-corrected chi connectivity index (χ0v) is 12.6. The van der Waals surface area contributed by atoms with E-state index in [-0.39, 0.29) is 12.5 Å². The molecule has 5 nitrogen and oxygen atoms in total. The van der Waals surface area contributed by atoms with Crippen LogP contribution in [-0.4, -0.2) is 47.5 Å². The maximum Gasteiger partial charge on any atom is 0.264 e. The van der Waals surface area contributed by atoms with Crippen LogP contribution in [0.1, 0.15) is 18.4 Å². The number of aliphatic hydroxyl groups excluding tert-OH is 1. The molecule has 0 bridgehead atoms. The van der Waals surface area contributed by atoms with Crippen LogP contribution in [-0.2, 0) is 9.63 Å². The minimum absolute atomic E-state index is 0.118. The summed E-state index contributed by atoms with van der Waals surface area (Å²) in [6.07, 6.45) is 0.772. The quantitative estimate of drug-likeness (QED) is 0.712. The van der Waals surface area contributed by atoms with Crippen LogP contribution in [0.2, 0.25) is 0 Å². The predicted octanol–water partition coefficient (Wildman–Crippen LogP) is 1.41. The van der Waals surface area contributed by atoms with Crippen molar-refractivity contribution in [2.75, 3.05) is 24.7 Å². The van der Waals surface area contributed by atoms with Crippen LogP contribution >= 0.6 is 11.8 Å². The van der Waals surface area contributed by atoms with E-state index in [0.29, 0.717) is 13.0 Å². The first kappa shape index (κ1) is 15.9. The van der Waals surface area contributed by atoms with Gasteiger partial charge >= 0.3 is 0 Å². The Bertz CT molecular complexity index is 479. The molecule has 1 aromatic rings. The van der Waals surface area contributed by atoms with Gasteiger partial charge in [-0.15, -0.1) is 0 Å². The van der Waals surface area contributed by atoms with Gasteiger partial charge in [0, 0.05) is 25.3 Å². The van der Waals surface area contributed by atoms with E-state index in [0.717, 1.165) is 29.2 Å². The zero-order valence-electron chi connectivity index (χ0n) is 11.8. The first-order chi connectivity index (χ1) is 10.3. The lowest BCUT2D eigenvalue weighted by Gasteiger charge is -2.09. The van der Waals surface area contributed by atoms with Gasteiger partial charge in [0.25, 0.3) is 5.91 Å². The summed E-state index contributed by atoms with van der Waals surface area (Å²) in [5.41, 5.74) is 1.81. The van der Waals surface area contributed by atoms with E-state index in [1.165, 1.54) is 0 Å². The van der Waals surface area contributed by atoms with Crippen molar-refractivity contribution in [2.45, 2.75) is 18.9 Å². The van der Waals surface area contributed by atoms with Gasteiger partial charge in [-0.1, -0.05) is 35.5 Å². The molecule has 2 N–H and O–H groups in total. The summed E-state index contributed by atoms with van der Waals surface area (Å²) >= 11 is 1.72. The number of aliphatic hydroxyl groups is 1. The molecule has 0 aromatic heterocycles. The highest BCUT2D eigenvalue weighted by Crippen LogP contribution is 2.16. The second-order valence-electron chi connectivity index (χ2n) is 4.68. The Hall–Kier alpha value is -1.53. The normalized spacial score (nSPS) is 17.2. The Kier molecular flexibility index (Phi) is 6.56. The molecule has 1 aliphatic rings. The van der Waals surface area contributed by atoms with Crippen LogP contribution in [0.4, 0.5) is 0 Å². The number of thioether (sulfide) groups is 1. The standard InChI is InChI=1S/C15H20N2O3S/c18-8-4-9-21-10-7-16-15(19)14-11-13(17-20-14)12-5-2-1-3-6-12/h1-3,5-6,14,18H,4,7-11H2,(H,16,19). The third kappa shape index (κ3) is 5.06. The van der Waals surface area contributed by atoms with Crippen molar-refractivity contribution in [3.05, 3.63) is 35.9 Å². The first-order valence-corrected chi connectivity index (χ1v) is 8.21. The van der Waals surface area contributed by atoms with Gasteiger partial charge < -0.3 is 15.3 Å². The van der Waals surface area contributed by atoms with E-state index in [2.05, 4.69) is 10.5 Å². The van der Waals surface area contributed by atoms with Crippen molar-refractivity contribution in [1.82, 2.24) is 5.32 Å². The van der Waals surface area contributed by atoms with Crippen molar-refractivity contribution in [2.24, 2.45) is 5.16 Å². The third-order valence-corrected chi connectivity index (χ3v) is 4.13. The Morgan fingerprint density at radius 2 is 2.19 bits per heavy atom. The summed E-state index contributed by atoms with van der Waals surface area (Å²) in [6, 6.07) is 9.74. The number of nitrogens with zero attached hydrogens (tertiary/aromatic N) is 1. The van der Waals surface area contributed by atoms with Gasteiger partial charge in [-0.2, -0.15) is 11.8 Å². The average Bonchev–Trinajstić information content (AvgIpc) is 3.01. The lowest BCUT2D eigenvalue weighted by molar-refractivity contribution is -0.131. The molecule has 1 aromatic carbocycles. The summed E-state index contributed by atoms with van der Waals surface area (Å²) in [7, 11) is 0. The summed E-state index contributed by atoms with van der Waals surface area (Å²) in [6.45, 7) is 0.824. The molecule has 1 atom stereocenters. The van der Waals surface area contributed by atoms with Crippen LogP contribution in [0.3, 0.4) is 0 Å². The molecule has 0 saturated carbocycles. The Morgan fingerprint density at radius 3 is 2.95 bits per heavy atom. The smallest absolute Gasteiger partial charge is 0.264 e. The van der Waals surface area contributed by atoms with E-state index in [1.54, 1.807) is 11.8 Å². The van der Waals surface area contributed by atoms with Gasteiger partial charge in [-0.05, 0) is 17.7 Å². The lowest BCUT2D eigenvalue weighted by atomic mass is 10.0. The van der Waals surface area contributed by atoms with Crippen LogP contribution in [0, 0.1) is 0 Å². The molecule has 0 fully saturated rings. The number of benzene rings is 1. The Labute approximate surface area is 128 Å². The molecular formula is C15H20N2O3S. The van der Waals surface area contributed by atoms with Gasteiger partial charge in [-0.3, -0.25) is 4.79 Å². The van der Waals surface area contributed by atoms with Crippen molar-refractivity contribution >= 4 is 23.4 Å². The zero-order chi connectivity index (χ0) is 14.9. The Morgan fingerprint density at radius 1 is 1.38 bits per heavy atom. The average molecular weight is 308 g/mol. The lowest BCUT2D eigenvalue weighted by Crippen LogP contribution is -2.36. The van der Waals surface area contributed by atoms with Crippen molar-refractivity contribution in [3.8, 4) is 0 Å². The number of oxime groups is 1. The molecule has 6 heteroatoms. The number of rotatable bonds is 8. The second-order valence-corrected chi connectivity index (χ2v) is 5.91. The SMILES string of the molecule is O=C(NCCSCCCO)C1CC(c2ccccc2)=NO1. The first-order valence-electron chi connectivity index (χ1n) is 7.05. The molecule has 1 amide bonds. The fourth-order valence-corrected chi connectivity index (χ4v) is 2.73. The van der Waals surface area contributed by atoms with E-state index >= 15 is 0 Å². The predicted molar refractivity (Wildman–Crippen MR) is 84.5 cm³/mol. The second kappa shape index (κ2) is 8.69. The molecule has 1 heterocycles. The molecular weight excluding hydrogens is 288 g/mol. The van der Waals surface area contributed by atoms with Gasteiger partial charge in [0.1, 0.15) is 0 Å². The monoisotopic (exact) mass is 308 g/mol. The van der Waals surface area contributed by atoms with Crippen molar-refractivity contribution < 1.29 is 14.7 Å². The van der Waals surface area contributed by atoms with E-state index < -0.39 is 6.10 Å². The number of nitrogens with one attached hydrogen (secondary N) is 1. The summed E-state index contributed by atoms with van der Waals surface area (Å²) in [5, 5.41) is 15.5. The number of carbonyl (C=O) groups is 1. The highest BCUT2D eigenvalue weighted by Gasteiger charge is 2.28. The summed E-state index contributed by atoms with van der Waals surface area (Å²) in [5.74, 6) is 1.63. The van der Waals surface area contributed by atoms with E-state index in [4.69, 9.17) is 9.94 Å². The van der Waals surface area contributed by atoms with Gasteiger partial charge in [0.05, 0.1) is 5.71 Å². The number of hydrogen-bond donors (Lipinski definition) is 2. The van der Waals surface area contributed by atoms with E-state index in [9.17, 15) is 4.79 Å². The minimum atomic E-state index is -0.525. The number of hydrogen-bond acceptors (Lipinski definition) is 5. The fraction of sp³-hybridized carbons (Fsp3) is 0.467. The summed E-state index contributed by atoms with van der Waals surface area (Å²) < 4.78 is 0. The molecule has 0 aliphatic carbocycles. The summed E-state index contributed by atoms with van der Waals surface area (Å²) in [4.78, 5) is 17.2. The molecule has 0 saturated heterocycles. The van der Waals surface area contributed by atoms with Crippen molar-refractivity contribution in [3.63, 3.8) is 0 Å². The molecule has 21 heavy (non-hydrogen) atoms. The third-order valence-electron chi connectivity index (χ3n) is 3.06. The maximum absolute atomic E-state index is 12.0. The topological polar surface area (TPSA) is 70.9 Å². The molecule has 2 rings (SSSR count). The molecule has 0 spiro atoms. The van der Waals surface area contributed by atoms with Crippen LogP contribution in [0.5, 0.6) is 0 Å². The molecule has 1 unspecified atom stereocenters. The minimum Gasteiger partial charge on any atom is -0.396 e. The molecule has 0 radical (unpaired) electrons. The highest BCUT2D eigenvalue weighted by molar-refractivity contribution is 7.99. The number of amides is 1. The molecule has 1 aliphatic heterocycles. The maximum atomic E-state index is 12.0. The van der Waals surface area contributed by atoms with Crippen LogP contribution in [0.15, 0.2) is 35.5 Å². The number of carbonyl (C=O) groups excluding carboxylic acids is 1.